The van der Waals surface area contributed by atoms with E-state index in [1.807, 2.05) is 0 Å². The molecule has 1 saturated carbocycles. The zero-order valence-corrected chi connectivity index (χ0v) is 13.0. The van der Waals surface area contributed by atoms with Gasteiger partial charge in [0.15, 0.2) is 0 Å². The van der Waals surface area contributed by atoms with Gasteiger partial charge in [0.2, 0.25) is 10.0 Å². The van der Waals surface area contributed by atoms with Crippen LogP contribution in [0, 0.1) is 11.7 Å². The summed E-state index contributed by atoms with van der Waals surface area (Å²) in [6.45, 7) is 1.54. The number of halogens is 1. The molecule has 2 atom stereocenters. The van der Waals surface area contributed by atoms with Crippen molar-refractivity contribution in [1.29, 1.82) is 0 Å². The lowest BCUT2D eigenvalue weighted by Crippen LogP contribution is -2.38. The van der Waals surface area contributed by atoms with E-state index in [0.717, 1.165) is 38.2 Å². The van der Waals surface area contributed by atoms with E-state index < -0.39 is 22.4 Å². The van der Waals surface area contributed by atoms with Crippen molar-refractivity contribution in [2.75, 3.05) is 0 Å². The van der Waals surface area contributed by atoms with Crippen molar-refractivity contribution in [3.8, 4) is 0 Å². The zero-order chi connectivity index (χ0) is 15.5. The molecule has 0 radical (unpaired) electrons. The van der Waals surface area contributed by atoms with Gasteiger partial charge in [0, 0.05) is 11.6 Å². The molecule has 118 valence electrons. The summed E-state index contributed by atoms with van der Waals surface area (Å²) < 4.78 is 40.9. The maximum Gasteiger partial charge on any atom is 0.240 e. The van der Waals surface area contributed by atoms with Crippen molar-refractivity contribution < 1.29 is 17.9 Å². The first-order chi connectivity index (χ1) is 9.94. The summed E-state index contributed by atoms with van der Waals surface area (Å²) in [7, 11) is -3.69. The number of sulfonamides is 1. The number of rotatable bonds is 4. The molecule has 0 spiro atoms. The molecule has 0 heterocycles. The summed E-state index contributed by atoms with van der Waals surface area (Å²) >= 11 is 0. The lowest BCUT2D eigenvalue weighted by molar-refractivity contribution is 0.275. The summed E-state index contributed by atoms with van der Waals surface area (Å²) in [5, 5.41) is 9.05. The Balaban J connectivity index is 2.21. The topological polar surface area (TPSA) is 66.4 Å². The van der Waals surface area contributed by atoms with Gasteiger partial charge in [-0.2, -0.15) is 0 Å². The Labute approximate surface area is 125 Å². The molecule has 2 unspecified atom stereocenters. The Kier molecular flexibility index (Phi) is 5.35. The van der Waals surface area contributed by atoms with Crippen LogP contribution in [0.3, 0.4) is 0 Å². The van der Waals surface area contributed by atoms with Gasteiger partial charge in [0.05, 0.1) is 11.5 Å². The van der Waals surface area contributed by atoms with Gasteiger partial charge in [0.1, 0.15) is 5.82 Å². The highest BCUT2D eigenvalue weighted by molar-refractivity contribution is 7.89. The molecule has 1 aromatic carbocycles. The predicted octanol–water partition coefficient (Wildman–Crippen LogP) is 2.57. The molecule has 2 N–H and O–H groups in total. The molecule has 21 heavy (non-hydrogen) atoms. The lowest BCUT2D eigenvalue weighted by Gasteiger charge is -2.22. The monoisotopic (exact) mass is 315 g/mol. The van der Waals surface area contributed by atoms with E-state index >= 15 is 0 Å². The van der Waals surface area contributed by atoms with Gasteiger partial charge < -0.3 is 5.11 Å². The summed E-state index contributed by atoms with van der Waals surface area (Å²) in [6, 6.07) is 3.42. The quantitative estimate of drug-likeness (QED) is 0.839. The Bertz CT molecular complexity index is 589. The number of nitrogens with one attached hydrogen (secondary N) is 1. The third-order valence-corrected chi connectivity index (χ3v) is 5.65. The molecule has 6 heteroatoms. The minimum Gasteiger partial charge on any atom is -0.392 e. The van der Waals surface area contributed by atoms with E-state index in [-0.39, 0.29) is 16.5 Å². The normalized spacial score (nSPS) is 23.8. The molecular formula is C15H22FNO3S. The van der Waals surface area contributed by atoms with Gasteiger partial charge in [-0.1, -0.05) is 26.2 Å². The van der Waals surface area contributed by atoms with Gasteiger partial charge in [-0.25, -0.2) is 17.5 Å². The molecule has 0 saturated heterocycles. The van der Waals surface area contributed by atoms with E-state index in [1.165, 1.54) is 12.1 Å². The van der Waals surface area contributed by atoms with E-state index in [0.29, 0.717) is 5.92 Å². The Hall–Kier alpha value is -0.980. The van der Waals surface area contributed by atoms with Crippen LogP contribution in [0.4, 0.5) is 4.39 Å². The van der Waals surface area contributed by atoms with E-state index in [1.54, 1.807) is 0 Å². The highest BCUT2D eigenvalue weighted by Crippen LogP contribution is 2.25. The highest BCUT2D eigenvalue weighted by atomic mass is 32.2. The van der Waals surface area contributed by atoms with Crippen LogP contribution < -0.4 is 4.72 Å². The first-order valence-corrected chi connectivity index (χ1v) is 8.84. The van der Waals surface area contributed by atoms with Crippen molar-refractivity contribution in [3.63, 3.8) is 0 Å². The van der Waals surface area contributed by atoms with Crippen molar-refractivity contribution in [3.05, 3.63) is 29.6 Å². The van der Waals surface area contributed by atoms with Crippen molar-refractivity contribution in [2.45, 2.75) is 56.6 Å². The van der Waals surface area contributed by atoms with Gasteiger partial charge >= 0.3 is 0 Å². The smallest absolute Gasteiger partial charge is 0.240 e. The highest BCUT2D eigenvalue weighted by Gasteiger charge is 2.26. The molecule has 1 aliphatic carbocycles. The van der Waals surface area contributed by atoms with Crippen molar-refractivity contribution >= 4 is 10.0 Å². The molecule has 1 fully saturated rings. The molecule has 0 aliphatic heterocycles. The maximum absolute atomic E-state index is 13.4. The van der Waals surface area contributed by atoms with Crippen LogP contribution in [-0.4, -0.2) is 19.6 Å². The minimum atomic E-state index is -3.69. The Morgan fingerprint density at radius 1 is 1.29 bits per heavy atom. The van der Waals surface area contributed by atoms with Crippen LogP contribution in [0.25, 0.3) is 0 Å². The predicted molar refractivity (Wildman–Crippen MR) is 78.7 cm³/mol. The largest absolute Gasteiger partial charge is 0.392 e. The number of benzene rings is 1. The Morgan fingerprint density at radius 3 is 2.71 bits per heavy atom. The molecule has 1 aliphatic rings. The first-order valence-electron chi connectivity index (χ1n) is 7.35. The van der Waals surface area contributed by atoms with Crippen LogP contribution in [0.5, 0.6) is 0 Å². The molecule has 0 amide bonds. The average Bonchev–Trinajstić information content (AvgIpc) is 2.64. The third-order valence-electron chi connectivity index (χ3n) is 4.17. The summed E-state index contributed by atoms with van der Waals surface area (Å²) in [6.07, 6.45) is 5.12. The molecular weight excluding hydrogens is 293 g/mol. The second kappa shape index (κ2) is 6.85. The number of hydrogen-bond donors (Lipinski definition) is 2. The van der Waals surface area contributed by atoms with E-state index in [2.05, 4.69) is 11.6 Å². The lowest BCUT2D eigenvalue weighted by atomic mass is 9.98. The molecule has 0 aromatic heterocycles. The van der Waals surface area contributed by atoms with Crippen LogP contribution in [0.2, 0.25) is 0 Å². The van der Waals surface area contributed by atoms with E-state index in [4.69, 9.17) is 5.11 Å². The number of aliphatic hydroxyl groups is 1. The summed E-state index contributed by atoms with van der Waals surface area (Å²) in [4.78, 5) is 0.00407. The Morgan fingerprint density at radius 2 is 2.00 bits per heavy atom. The number of aliphatic hydroxyl groups excluding tert-OH is 1. The molecule has 4 nitrogen and oxygen atoms in total. The first kappa shape index (κ1) is 16.4. The third kappa shape index (κ3) is 4.02. The minimum absolute atomic E-state index is 0.00407. The second-order valence-electron chi connectivity index (χ2n) is 5.75. The van der Waals surface area contributed by atoms with E-state index in [9.17, 15) is 12.8 Å². The molecule has 0 bridgehead atoms. The zero-order valence-electron chi connectivity index (χ0n) is 12.2. The van der Waals surface area contributed by atoms with Crippen molar-refractivity contribution in [2.24, 2.45) is 5.92 Å². The van der Waals surface area contributed by atoms with Gasteiger partial charge in [-0.3, -0.25) is 0 Å². The molecule has 1 aromatic rings. The van der Waals surface area contributed by atoms with Gasteiger partial charge in [-0.05, 0) is 37.0 Å². The summed E-state index contributed by atoms with van der Waals surface area (Å²) in [5.74, 6) is -0.306. The standard InChI is InChI=1S/C15H22FNO3S/c1-11-5-3-2-4-6-15(11)17-21(19,20)13-7-8-14(16)12(9-13)10-18/h7-9,11,15,17-18H,2-6,10H2,1H3. The fourth-order valence-corrected chi connectivity index (χ4v) is 4.20. The fraction of sp³-hybridized carbons (Fsp3) is 0.600. The van der Waals surface area contributed by atoms with Gasteiger partial charge in [0.25, 0.3) is 0 Å². The second-order valence-corrected chi connectivity index (χ2v) is 7.47. The van der Waals surface area contributed by atoms with Crippen LogP contribution >= 0.6 is 0 Å². The maximum atomic E-state index is 13.4. The SMILES string of the molecule is CC1CCCCCC1NS(=O)(=O)c1ccc(F)c(CO)c1. The average molecular weight is 315 g/mol. The van der Waals surface area contributed by atoms with Crippen molar-refractivity contribution in [1.82, 2.24) is 4.72 Å². The summed E-state index contributed by atoms with van der Waals surface area (Å²) in [5.41, 5.74) is -0.00760. The fourth-order valence-electron chi connectivity index (χ4n) is 2.77. The van der Waals surface area contributed by atoms with Crippen LogP contribution in [-0.2, 0) is 16.6 Å². The van der Waals surface area contributed by atoms with Crippen LogP contribution in [0.1, 0.15) is 44.6 Å². The van der Waals surface area contributed by atoms with Gasteiger partial charge in [-0.15, -0.1) is 0 Å². The van der Waals surface area contributed by atoms with Crippen LogP contribution in [0.15, 0.2) is 23.1 Å². The molecule has 2 rings (SSSR count). The number of hydrogen-bond acceptors (Lipinski definition) is 3.